The lowest BCUT2D eigenvalue weighted by Crippen LogP contribution is -2.31. The zero-order valence-corrected chi connectivity index (χ0v) is 20.5. The molecule has 11 nitrogen and oxygen atoms in total. The topological polar surface area (TPSA) is 133 Å². The third-order valence-electron chi connectivity index (χ3n) is 5.42. The third kappa shape index (κ3) is 5.45. The number of hydrogen-bond acceptors (Lipinski definition) is 10. The van der Waals surface area contributed by atoms with E-state index in [0.29, 0.717) is 22.6 Å². The maximum atomic E-state index is 12.6. The Kier molecular flexibility index (Phi) is 8.61. The van der Waals surface area contributed by atoms with Crippen molar-refractivity contribution in [3.63, 3.8) is 0 Å². The summed E-state index contributed by atoms with van der Waals surface area (Å²) >= 11 is 0. The summed E-state index contributed by atoms with van der Waals surface area (Å²) in [5.41, 5.74) is 3.74. The largest absolute Gasteiger partial charge is 0.493 e. The summed E-state index contributed by atoms with van der Waals surface area (Å²) in [7, 11) is 4.10. The van der Waals surface area contributed by atoms with E-state index in [0.717, 1.165) is 4.90 Å². The van der Waals surface area contributed by atoms with Gasteiger partial charge in [0, 0.05) is 25.1 Å². The molecule has 0 radical (unpaired) electrons. The van der Waals surface area contributed by atoms with Crippen LogP contribution in [0.5, 0.6) is 11.5 Å². The quantitative estimate of drug-likeness (QED) is 0.215. The predicted molar refractivity (Wildman–Crippen MR) is 130 cm³/mol. The summed E-state index contributed by atoms with van der Waals surface area (Å²) in [6.45, 7) is 1.88. The Labute approximate surface area is 208 Å². The van der Waals surface area contributed by atoms with E-state index in [9.17, 15) is 19.2 Å². The van der Waals surface area contributed by atoms with Gasteiger partial charge in [0.1, 0.15) is 5.71 Å². The van der Waals surface area contributed by atoms with E-state index in [-0.39, 0.29) is 54.8 Å². The highest BCUT2D eigenvalue weighted by molar-refractivity contribution is 6.36. The molecule has 0 atom stereocenters. The average Bonchev–Trinajstić information content (AvgIpc) is 3.14. The number of esters is 2. The van der Waals surface area contributed by atoms with Crippen LogP contribution in [0.25, 0.3) is 0 Å². The average molecular weight is 498 g/mol. The van der Waals surface area contributed by atoms with Gasteiger partial charge in [-0.2, -0.15) is 5.10 Å². The Bertz CT molecular complexity index is 1170. The molecule has 0 fully saturated rings. The molecule has 0 aliphatic carbocycles. The molecule has 11 heteroatoms. The third-order valence-corrected chi connectivity index (χ3v) is 5.42. The van der Waals surface area contributed by atoms with Gasteiger partial charge in [-0.25, -0.2) is 9.59 Å². The number of anilines is 1. The van der Waals surface area contributed by atoms with Crippen LogP contribution in [0, 0.1) is 0 Å². The number of hydrogen-bond donors (Lipinski definition) is 1. The number of nitrogens with zero attached hydrogens (tertiary/aromatic N) is 2. The van der Waals surface area contributed by atoms with Crippen LogP contribution in [-0.2, 0) is 14.3 Å². The molecule has 1 N–H and O–H groups in total. The molecule has 0 bridgehead atoms. The first-order valence-corrected chi connectivity index (χ1v) is 11.1. The van der Waals surface area contributed by atoms with Gasteiger partial charge in [0.15, 0.2) is 11.5 Å². The molecular weight excluding hydrogens is 470 g/mol. The Morgan fingerprint density at radius 1 is 0.972 bits per heavy atom. The van der Waals surface area contributed by atoms with E-state index in [4.69, 9.17) is 18.9 Å². The fraction of sp³-hybridized carbons (Fsp3) is 0.320. The number of nitrogens with one attached hydrogen (secondary N) is 1. The highest BCUT2D eigenvalue weighted by Gasteiger charge is 2.34. The number of fused-ring (bicyclic) bond motifs is 1. The first-order valence-electron chi connectivity index (χ1n) is 11.1. The Morgan fingerprint density at radius 3 is 2.14 bits per heavy atom. The number of rotatable bonds is 11. The molecule has 1 aliphatic heterocycles. The Hall–Kier alpha value is -4.41. The monoisotopic (exact) mass is 497 g/mol. The molecule has 0 saturated carbocycles. The SMILES string of the molecule is CCOC(=O)C(CCCN1C(=O)c2ccccc2C1=O)=NNc1cc(OC)c(OC)cc1C(=O)OC. The molecule has 1 heterocycles. The van der Waals surface area contributed by atoms with Crippen LogP contribution in [0.15, 0.2) is 41.5 Å². The van der Waals surface area contributed by atoms with Crippen LogP contribution >= 0.6 is 0 Å². The van der Waals surface area contributed by atoms with Gasteiger partial charge < -0.3 is 18.9 Å². The van der Waals surface area contributed by atoms with Gasteiger partial charge in [-0.05, 0) is 25.5 Å². The normalized spacial score (nSPS) is 12.8. The van der Waals surface area contributed by atoms with Gasteiger partial charge >= 0.3 is 11.9 Å². The number of benzene rings is 2. The minimum atomic E-state index is -0.674. The van der Waals surface area contributed by atoms with E-state index in [1.54, 1.807) is 31.2 Å². The number of methoxy groups -OCH3 is 3. The number of amides is 2. The van der Waals surface area contributed by atoms with Crippen molar-refractivity contribution in [2.45, 2.75) is 19.8 Å². The molecule has 36 heavy (non-hydrogen) atoms. The van der Waals surface area contributed by atoms with Gasteiger partial charge in [-0.15, -0.1) is 0 Å². The molecule has 1 aliphatic rings. The van der Waals surface area contributed by atoms with Crippen molar-refractivity contribution < 1.29 is 38.1 Å². The fourth-order valence-corrected chi connectivity index (χ4v) is 3.64. The molecule has 2 aromatic rings. The molecule has 0 spiro atoms. The molecule has 3 rings (SSSR count). The Balaban J connectivity index is 1.79. The van der Waals surface area contributed by atoms with E-state index >= 15 is 0 Å². The summed E-state index contributed by atoms with van der Waals surface area (Å²) in [6, 6.07) is 9.51. The van der Waals surface area contributed by atoms with Gasteiger partial charge in [0.25, 0.3) is 11.8 Å². The predicted octanol–water partition coefficient (Wildman–Crippen LogP) is 2.90. The minimum Gasteiger partial charge on any atom is -0.493 e. The van der Waals surface area contributed by atoms with Gasteiger partial charge in [0.2, 0.25) is 0 Å². The lowest BCUT2D eigenvalue weighted by atomic mass is 10.1. The van der Waals surface area contributed by atoms with Crippen LogP contribution in [0.4, 0.5) is 5.69 Å². The van der Waals surface area contributed by atoms with Gasteiger partial charge in [-0.3, -0.25) is 19.9 Å². The lowest BCUT2D eigenvalue weighted by Gasteiger charge is -2.15. The maximum Gasteiger partial charge on any atom is 0.354 e. The molecule has 2 aromatic carbocycles. The molecule has 0 aromatic heterocycles. The van der Waals surface area contributed by atoms with Crippen LogP contribution in [0.3, 0.4) is 0 Å². The maximum absolute atomic E-state index is 12.6. The zero-order valence-electron chi connectivity index (χ0n) is 20.5. The van der Waals surface area contributed by atoms with Gasteiger partial charge in [-0.1, -0.05) is 12.1 Å². The van der Waals surface area contributed by atoms with Crippen molar-refractivity contribution in [2.24, 2.45) is 5.10 Å². The summed E-state index contributed by atoms with van der Waals surface area (Å²) in [6.07, 6.45) is 0.362. The van der Waals surface area contributed by atoms with E-state index in [1.807, 2.05) is 0 Å². The molecular formula is C25H27N3O8. The van der Waals surface area contributed by atoms with Crippen LogP contribution in [0.2, 0.25) is 0 Å². The van der Waals surface area contributed by atoms with Crippen molar-refractivity contribution in [3.05, 3.63) is 53.1 Å². The fourth-order valence-electron chi connectivity index (χ4n) is 3.64. The van der Waals surface area contributed by atoms with E-state index < -0.39 is 11.9 Å². The zero-order chi connectivity index (χ0) is 26.2. The summed E-state index contributed by atoms with van der Waals surface area (Å²) in [4.78, 5) is 51.1. The van der Waals surface area contributed by atoms with Crippen molar-refractivity contribution in [3.8, 4) is 11.5 Å². The van der Waals surface area contributed by atoms with Crippen molar-refractivity contribution >= 4 is 35.2 Å². The smallest absolute Gasteiger partial charge is 0.354 e. The van der Waals surface area contributed by atoms with Crippen molar-refractivity contribution in [2.75, 3.05) is 39.9 Å². The van der Waals surface area contributed by atoms with Gasteiger partial charge in [0.05, 0.1) is 50.3 Å². The number of carbonyl (C=O) groups excluding carboxylic acids is 4. The Morgan fingerprint density at radius 2 is 1.58 bits per heavy atom. The highest BCUT2D eigenvalue weighted by Crippen LogP contribution is 2.34. The van der Waals surface area contributed by atoms with Crippen molar-refractivity contribution in [1.29, 1.82) is 0 Å². The van der Waals surface area contributed by atoms with E-state index in [1.165, 1.54) is 33.5 Å². The van der Waals surface area contributed by atoms with Crippen LogP contribution in [-0.4, -0.2) is 68.8 Å². The van der Waals surface area contributed by atoms with Crippen LogP contribution in [0.1, 0.15) is 50.8 Å². The first-order chi connectivity index (χ1) is 17.4. The number of hydrazone groups is 1. The number of ether oxygens (including phenoxy) is 4. The highest BCUT2D eigenvalue weighted by atomic mass is 16.5. The molecule has 190 valence electrons. The minimum absolute atomic E-state index is 0.0130. The summed E-state index contributed by atoms with van der Waals surface area (Å²) < 4.78 is 20.4. The second kappa shape index (κ2) is 11.8. The molecule has 0 unspecified atom stereocenters. The standard InChI is InChI=1S/C25H27N3O8/c1-5-36-25(32)18(11-8-12-28-22(29)15-9-6-7-10-16(15)23(28)30)26-27-19-14-21(34-3)20(33-2)13-17(19)24(31)35-4/h6-7,9-10,13-14,27H,5,8,11-12H2,1-4H3. The molecule has 2 amide bonds. The summed E-state index contributed by atoms with van der Waals surface area (Å²) in [5, 5.41) is 4.16. The second-order valence-corrected chi connectivity index (χ2v) is 7.55. The first kappa shape index (κ1) is 26.2. The number of carbonyl (C=O) groups is 4. The summed E-state index contributed by atoms with van der Waals surface area (Å²) in [5.74, 6) is -1.46. The lowest BCUT2D eigenvalue weighted by molar-refractivity contribution is -0.135. The molecule has 0 saturated heterocycles. The number of imide groups is 1. The second-order valence-electron chi connectivity index (χ2n) is 7.55. The van der Waals surface area contributed by atoms with Crippen molar-refractivity contribution in [1.82, 2.24) is 4.90 Å². The van der Waals surface area contributed by atoms with Crippen LogP contribution < -0.4 is 14.9 Å². The van der Waals surface area contributed by atoms with E-state index in [2.05, 4.69) is 10.5 Å².